The molecule has 2 aromatic rings. The second-order valence-corrected chi connectivity index (χ2v) is 8.15. The lowest BCUT2D eigenvalue weighted by atomic mass is 10.0. The minimum atomic E-state index is -0.249. The van der Waals surface area contributed by atoms with Crippen LogP contribution in [0.2, 0.25) is 0 Å². The summed E-state index contributed by atoms with van der Waals surface area (Å²) in [5, 5.41) is 0. The van der Waals surface area contributed by atoms with Crippen molar-refractivity contribution in [1.82, 2.24) is 14.9 Å². The highest BCUT2D eigenvalue weighted by atomic mass is 16.5. The zero-order chi connectivity index (χ0) is 21.1. The number of carbonyl (C=O) groups excluding carboxylic acids is 1. The van der Waals surface area contributed by atoms with Crippen LogP contribution < -0.4 is 18.9 Å². The Morgan fingerprint density at radius 3 is 2.83 bits per heavy atom. The van der Waals surface area contributed by atoms with Gasteiger partial charge < -0.3 is 23.8 Å². The summed E-state index contributed by atoms with van der Waals surface area (Å²) in [6.45, 7) is 5.32. The predicted molar refractivity (Wildman–Crippen MR) is 109 cm³/mol. The van der Waals surface area contributed by atoms with Crippen LogP contribution in [0, 0.1) is 0 Å². The Morgan fingerprint density at radius 1 is 1.27 bits per heavy atom. The molecule has 160 valence electrons. The van der Waals surface area contributed by atoms with Crippen LogP contribution in [0.25, 0.3) is 0 Å². The molecule has 0 spiro atoms. The van der Waals surface area contributed by atoms with Gasteiger partial charge >= 0.3 is 6.01 Å². The van der Waals surface area contributed by atoms with E-state index in [-0.39, 0.29) is 30.2 Å². The number of likely N-dealkylation sites (tertiary alicyclic amines) is 1. The monoisotopic (exact) mass is 413 g/mol. The highest BCUT2D eigenvalue weighted by molar-refractivity contribution is 5.78. The summed E-state index contributed by atoms with van der Waals surface area (Å²) in [6, 6.07) is 7.81. The average molecular weight is 413 g/mol. The summed E-state index contributed by atoms with van der Waals surface area (Å²) < 4.78 is 22.8. The van der Waals surface area contributed by atoms with E-state index in [9.17, 15) is 4.79 Å². The molecule has 1 fully saturated rings. The molecule has 3 heterocycles. The fraction of sp³-hybridized carbons (Fsp3) is 0.500. The molecule has 0 bridgehead atoms. The number of piperidine rings is 1. The molecule has 1 saturated heterocycles. The first-order chi connectivity index (χ1) is 14.4. The summed E-state index contributed by atoms with van der Waals surface area (Å²) in [5.41, 5.74) is 0.866. The lowest BCUT2D eigenvalue weighted by molar-refractivity contribution is -0.135. The van der Waals surface area contributed by atoms with Crippen molar-refractivity contribution >= 4 is 5.91 Å². The molecule has 0 saturated carbocycles. The van der Waals surface area contributed by atoms with E-state index in [0.717, 1.165) is 30.6 Å². The smallest absolute Gasteiger partial charge is 0.319 e. The van der Waals surface area contributed by atoms with Crippen LogP contribution in [0.4, 0.5) is 0 Å². The van der Waals surface area contributed by atoms with E-state index in [2.05, 4.69) is 9.97 Å². The number of aromatic nitrogens is 2. The third kappa shape index (κ3) is 4.58. The van der Waals surface area contributed by atoms with E-state index in [4.69, 9.17) is 18.9 Å². The van der Waals surface area contributed by atoms with Crippen molar-refractivity contribution in [3.63, 3.8) is 0 Å². The molecule has 8 heteroatoms. The van der Waals surface area contributed by atoms with Crippen molar-refractivity contribution < 1.29 is 23.7 Å². The van der Waals surface area contributed by atoms with Gasteiger partial charge in [0.1, 0.15) is 11.7 Å². The van der Waals surface area contributed by atoms with Crippen molar-refractivity contribution in [2.75, 3.05) is 26.8 Å². The maximum atomic E-state index is 12.6. The number of benzene rings is 1. The number of hydrogen-bond donors (Lipinski definition) is 0. The Labute approximate surface area is 176 Å². The number of nitrogens with zero attached hydrogens (tertiary/aromatic N) is 3. The number of carbonyl (C=O) groups is 1. The van der Waals surface area contributed by atoms with Crippen molar-refractivity contribution in [1.29, 1.82) is 0 Å². The molecule has 0 N–H and O–H groups in total. The van der Waals surface area contributed by atoms with Crippen molar-refractivity contribution in [3.05, 3.63) is 36.0 Å². The SMILES string of the molecule is COc1nccc(OC2CCN(C(=O)COc3cccc4c3OC(C)(C)C4)CC2)n1. The third-order valence-electron chi connectivity index (χ3n) is 5.28. The topological polar surface area (TPSA) is 83.0 Å². The maximum Gasteiger partial charge on any atom is 0.319 e. The van der Waals surface area contributed by atoms with Gasteiger partial charge in [-0.1, -0.05) is 12.1 Å². The minimum Gasteiger partial charge on any atom is -0.483 e. The van der Waals surface area contributed by atoms with Gasteiger partial charge in [0.2, 0.25) is 5.88 Å². The van der Waals surface area contributed by atoms with Gasteiger partial charge in [-0.2, -0.15) is 4.98 Å². The standard InChI is InChI=1S/C22H27N3O5/c1-22(2)13-15-5-4-6-17(20(15)30-22)28-14-19(26)25-11-8-16(9-12-25)29-18-7-10-23-21(24-18)27-3/h4-7,10,16H,8-9,11-14H2,1-3H3. The van der Waals surface area contributed by atoms with Crippen molar-refractivity contribution in [3.8, 4) is 23.4 Å². The van der Waals surface area contributed by atoms with Crippen LogP contribution in [-0.2, 0) is 11.2 Å². The summed E-state index contributed by atoms with van der Waals surface area (Å²) in [5.74, 6) is 1.83. The van der Waals surface area contributed by atoms with Gasteiger partial charge in [-0.25, -0.2) is 4.98 Å². The normalized spacial score (nSPS) is 17.8. The molecular formula is C22H27N3O5. The highest BCUT2D eigenvalue weighted by Gasteiger charge is 2.32. The summed E-state index contributed by atoms with van der Waals surface area (Å²) in [7, 11) is 1.52. The first-order valence-corrected chi connectivity index (χ1v) is 10.2. The zero-order valence-electron chi connectivity index (χ0n) is 17.6. The van der Waals surface area contributed by atoms with Crippen molar-refractivity contribution in [2.24, 2.45) is 0 Å². The predicted octanol–water partition coefficient (Wildman–Crippen LogP) is 2.65. The molecule has 2 aliphatic rings. The Kier molecular flexibility index (Phi) is 5.65. The molecule has 8 nitrogen and oxygen atoms in total. The molecule has 0 atom stereocenters. The fourth-order valence-electron chi connectivity index (χ4n) is 3.81. The largest absolute Gasteiger partial charge is 0.483 e. The Morgan fingerprint density at radius 2 is 2.07 bits per heavy atom. The number of hydrogen-bond acceptors (Lipinski definition) is 7. The first kappa shape index (κ1) is 20.3. The quantitative estimate of drug-likeness (QED) is 0.720. The number of fused-ring (bicyclic) bond motifs is 1. The van der Waals surface area contributed by atoms with Crippen LogP contribution >= 0.6 is 0 Å². The van der Waals surface area contributed by atoms with Crippen LogP contribution in [0.3, 0.4) is 0 Å². The van der Waals surface area contributed by atoms with Gasteiger partial charge in [-0.15, -0.1) is 0 Å². The van der Waals surface area contributed by atoms with Gasteiger partial charge in [-0.3, -0.25) is 4.79 Å². The summed E-state index contributed by atoms with van der Waals surface area (Å²) >= 11 is 0. The van der Waals surface area contributed by atoms with E-state index in [1.54, 1.807) is 12.3 Å². The molecule has 0 aliphatic carbocycles. The second kappa shape index (κ2) is 8.38. The molecule has 1 aromatic heterocycles. The Balaban J connectivity index is 1.27. The van der Waals surface area contributed by atoms with Crippen LogP contribution in [0.1, 0.15) is 32.3 Å². The number of para-hydroxylation sites is 1. The molecule has 1 aromatic carbocycles. The van der Waals surface area contributed by atoms with Gasteiger partial charge in [0, 0.05) is 50.2 Å². The molecule has 0 unspecified atom stereocenters. The molecule has 0 radical (unpaired) electrons. The molecule has 30 heavy (non-hydrogen) atoms. The number of amides is 1. The third-order valence-corrected chi connectivity index (χ3v) is 5.28. The molecule has 4 rings (SSSR count). The molecular weight excluding hydrogens is 386 g/mol. The van der Waals surface area contributed by atoms with E-state index in [1.165, 1.54) is 7.11 Å². The van der Waals surface area contributed by atoms with Gasteiger partial charge in [0.25, 0.3) is 5.91 Å². The summed E-state index contributed by atoms with van der Waals surface area (Å²) in [4.78, 5) is 22.6. The maximum absolute atomic E-state index is 12.6. The van der Waals surface area contributed by atoms with Crippen molar-refractivity contribution in [2.45, 2.75) is 44.8 Å². The number of ether oxygens (including phenoxy) is 4. The molecule has 1 amide bonds. The van der Waals surface area contributed by atoms with Crippen LogP contribution in [0.5, 0.6) is 23.4 Å². The highest BCUT2D eigenvalue weighted by Crippen LogP contribution is 2.41. The van der Waals surface area contributed by atoms with E-state index >= 15 is 0 Å². The lowest BCUT2D eigenvalue weighted by Crippen LogP contribution is -2.43. The van der Waals surface area contributed by atoms with E-state index in [0.29, 0.717) is 24.7 Å². The number of methoxy groups -OCH3 is 1. The summed E-state index contributed by atoms with van der Waals surface area (Å²) in [6.07, 6.45) is 3.90. The van der Waals surface area contributed by atoms with Gasteiger partial charge in [0.05, 0.1) is 7.11 Å². The van der Waals surface area contributed by atoms with E-state index < -0.39 is 0 Å². The first-order valence-electron chi connectivity index (χ1n) is 10.2. The van der Waals surface area contributed by atoms with Gasteiger partial charge in [-0.05, 0) is 19.9 Å². The Hall–Kier alpha value is -3.03. The second-order valence-electron chi connectivity index (χ2n) is 8.15. The van der Waals surface area contributed by atoms with Crippen LogP contribution in [-0.4, -0.2) is 59.3 Å². The Bertz CT molecular complexity index is 909. The zero-order valence-corrected chi connectivity index (χ0v) is 17.6. The fourth-order valence-corrected chi connectivity index (χ4v) is 3.81. The van der Waals surface area contributed by atoms with E-state index in [1.807, 2.05) is 36.9 Å². The minimum absolute atomic E-state index is 0.00241. The lowest BCUT2D eigenvalue weighted by Gasteiger charge is -2.31. The average Bonchev–Trinajstić information content (AvgIpc) is 3.07. The molecule has 2 aliphatic heterocycles. The number of rotatable bonds is 6. The van der Waals surface area contributed by atoms with Gasteiger partial charge in [0.15, 0.2) is 18.1 Å². The van der Waals surface area contributed by atoms with Crippen LogP contribution in [0.15, 0.2) is 30.5 Å².